The van der Waals surface area contributed by atoms with E-state index in [1.165, 1.54) is 0 Å². The van der Waals surface area contributed by atoms with Crippen molar-refractivity contribution in [1.29, 1.82) is 0 Å². The van der Waals surface area contributed by atoms with Gasteiger partial charge in [0.1, 0.15) is 0 Å². The Morgan fingerprint density at radius 1 is 1.48 bits per heavy atom. The quantitative estimate of drug-likeness (QED) is 0.254. The maximum atomic E-state index is 5.67. The summed E-state index contributed by atoms with van der Waals surface area (Å²) in [7, 11) is 1.70. The lowest BCUT2D eigenvalue weighted by Crippen LogP contribution is -2.40. The van der Waals surface area contributed by atoms with Crippen molar-refractivity contribution in [2.45, 2.75) is 26.7 Å². The molecule has 0 aromatic carbocycles. The molecule has 0 bridgehead atoms. The van der Waals surface area contributed by atoms with E-state index in [-0.39, 0.29) is 24.0 Å². The molecule has 0 aliphatic carbocycles. The smallest absolute Gasteiger partial charge is 0.193 e. The number of aliphatic imine (C=N–C) groups is 1. The monoisotopic (exact) mass is 482 g/mol. The molecular weight excluding hydrogens is 451 g/mol. The molecule has 1 aliphatic heterocycles. The predicted octanol–water partition coefficient (Wildman–Crippen LogP) is 2.56. The SMILES string of the molecule is CCNC(=NCCc1csc(C)n1)N1CCC(COCCOC)C1.I. The van der Waals surface area contributed by atoms with Crippen LogP contribution in [0.4, 0.5) is 0 Å². The summed E-state index contributed by atoms with van der Waals surface area (Å²) in [5, 5.41) is 6.66. The maximum absolute atomic E-state index is 5.67. The molecule has 6 nitrogen and oxygen atoms in total. The molecule has 144 valence electrons. The first-order valence-corrected chi connectivity index (χ1v) is 9.61. The van der Waals surface area contributed by atoms with Crippen LogP contribution in [0.2, 0.25) is 0 Å². The molecule has 1 aliphatic rings. The normalized spacial score (nSPS) is 17.6. The average Bonchev–Trinajstić information content (AvgIpc) is 3.20. The van der Waals surface area contributed by atoms with E-state index in [0.29, 0.717) is 19.1 Å². The van der Waals surface area contributed by atoms with E-state index in [2.05, 4.69) is 27.5 Å². The van der Waals surface area contributed by atoms with Gasteiger partial charge < -0.3 is 19.7 Å². The molecule has 0 radical (unpaired) electrons. The van der Waals surface area contributed by atoms with E-state index in [4.69, 9.17) is 14.5 Å². The summed E-state index contributed by atoms with van der Waals surface area (Å²) in [6, 6.07) is 0. The number of thiazole rings is 1. The van der Waals surface area contributed by atoms with Gasteiger partial charge in [-0.3, -0.25) is 4.99 Å². The second-order valence-electron chi connectivity index (χ2n) is 6.01. The van der Waals surface area contributed by atoms with Crippen LogP contribution < -0.4 is 5.32 Å². The number of rotatable bonds is 9. The van der Waals surface area contributed by atoms with Crippen molar-refractivity contribution in [2.75, 3.05) is 53.1 Å². The fraction of sp³-hybridized carbons (Fsp3) is 0.765. The minimum Gasteiger partial charge on any atom is -0.382 e. The first kappa shape index (κ1) is 22.6. The maximum Gasteiger partial charge on any atom is 0.193 e. The first-order valence-electron chi connectivity index (χ1n) is 8.73. The molecule has 0 spiro atoms. The predicted molar refractivity (Wildman–Crippen MR) is 114 cm³/mol. The number of nitrogens with one attached hydrogen (secondary N) is 1. The number of ether oxygens (including phenoxy) is 2. The zero-order valence-electron chi connectivity index (χ0n) is 15.5. The molecule has 1 aromatic rings. The van der Waals surface area contributed by atoms with Gasteiger partial charge in [0.05, 0.1) is 30.5 Å². The fourth-order valence-corrected chi connectivity index (χ4v) is 3.43. The standard InChI is InChI=1S/C17H30N4O2S.HI/c1-4-18-17(19-7-5-16-13-24-14(2)20-16)21-8-6-15(11-21)12-23-10-9-22-3;/h13,15H,4-12H2,1-3H3,(H,18,19);1H. The summed E-state index contributed by atoms with van der Waals surface area (Å²) < 4.78 is 10.7. The summed E-state index contributed by atoms with van der Waals surface area (Å²) in [6.07, 6.45) is 2.05. The average molecular weight is 482 g/mol. The minimum absolute atomic E-state index is 0. The van der Waals surface area contributed by atoms with E-state index in [0.717, 1.165) is 62.3 Å². The number of likely N-dealkylation sites (tertiary alicyclic amines) is 1. The largest absolute Gasteiger partial charge is 0.382 e. The van der Waals surface area contributed by atoms with E-state index >= 15 is 0 Å². The molecule has 2 heterocycles. The number of methoxy groups -OCH3 is 1. The van der Waals surface area contributed by atoms with Gasteiger partial charge in [-0.2, -0.15) is 0 Å². The lowest BCUT2D eigenvalue weighted by molar-refractivity contribution is 0.0536. The molecular formula is C17H31IN4O2S. The van der Waals surface area contributed by atoms with Gasteiger partial charge in [-0.15, -0.1) is 35.3 Å². The zero-order chi connectivity index (χ0) is 17.2. The van der Waals surface area contributed by atoms with Gasteiger partial charge in [-0.1, -0.05) is 0 Å². The third-order valence-corrected chi connectivity index (χ3v) is 4.82. The Balaban J connectivity index is 0.00000312. The van der Waals surface area contributed by atoms with Crippen molar-refractivity contribution in [3.05, 3.63) is 16.1 Å². The Kier molecular flexibility index (Phi) is 11.6. The van der Waals surface area contributed by atoms with Crippen LogP contribution in [0.3, 0.4) is 0 Å². The third kappa shape index (κ3) is 8.19. The van der Waals surface area contributed by atoms with E-state index in [1.807, 2.05) is 6.92 Å². The molecule has 2 rings (SSSR count). The Morgan fingerprint density at radius 3 is 3.00 bits per heavy atom. The molecule has 25 heavy (non-hydrogen) atoms. The lowest BCUT2D eigenvalue weighted by Gasteiger charge is -2.21. The molecule has 0 amide bonds. The molecule has 0 saturated carbocycles. The van der Waals surface area contributed by atoms with Crippen molar-refractivity contribution >= 4 is 41.3 Å². The molecule has 1 unspecified atom stereocenters. The Hall–Kier alpha value is -0.450. The Bertz CT molecular complexity index is 513. The van der Waals surface area contributed by atoms with Crippen LogP contribution in [0.25, 0.3) is 0 Å². The van der Waals surface area contributed by atoms with E-state index in [9.17, 15) is 0 Å². The van der Waals surface area contributed by atoms with Gasteiger partial charge in [0.25, 0.3) is 0 Å². The summed E-state index contributed by atoms with van der Waals surface area (Å²) in [6.45, 7) is 10.0. The lowest BCUT2D eigenvalue weighted by atomic mass is 10.1. The molecule has 1 N–H and O–H groups in total. The topological polar surface area (TPSA) is 59.0 Å². The van der Waals surface area contributed by atoms with Crippen LogP contribution in [-0.4, -0.2) is 69.0 Å². The third-order valence-electron chi connectivity index (χ3n) is 4.00. The van der Waals surface area contributed by atoms with Gasteiger partial charge in [-0.05, 0) is 20.3 Å². The number of aryl methyl sites for hydroxylation is 1. The summed E-state index contributed by atoms with van der Waals surface area (Å²) >= 11 is 1.70. The van der Waals surface area contributed by atoms with Crippen molar-refractivity contribution in [3.8, 4) is 0 Å². The first-order chi connectivity index (χ1) is 11.7. The van der Waals surface area contributed by atoms with Crippen LogP contribution >= 0.6 is 35.3 Å². The highest BCUT2D eigenvalue weighted by Gasteiger charge is 2.24. The summed E-state index contributed by atoms with van der Waals surface area (Å²) in [5.74, 6) is 1.59. The van der Waals surface area contributed by atoms with Crippen molar-refractivity contribution in [1.82, 2.24) is 15.2 Å². The van der Waals surface area contributed by atoms with E-state index < -0.39 is 0 Å². The van der Waals surface area contributed by atoms with Crippen molar-refractivity contribution < 1.29 is 9.47 Å². The van der Waals surface area contributed by atoms with Gasteiger partial charge in [0.2, 0.25) is 0 Å². The highest BCUT2D eigenvalue weighted by atomic mass is 127. The number of halogens is 1. The molecule has 8 heteroatoms. The number of hydrogen-bond acceptors (Lipinski definition) is 5. The van der Waals surface area contributed by atoms with Crippen LogP contribution in [0.15, 0.2) is 10.4 Å². The van der Waals surface area contributed by atoms with Crippen LogP contribution in [0.5, 0.6) is 0 Å². The number of nitrogens with zero attached hydrogens (tertiary/aromatic N) is 3. The van der Waals surface area contributed by atoms with Crippen LogP contribution in [-0.2, 0) is 15.9 Å². The second-order valence-corrected chi connectivity index (χ2v) is 7.07. The zero-order valence-corrected chi connectivity index (χ0v) is 18.6. The van der Waals surface area contributed by atoms with Crippen molar-refractivity contribution in [3.63, 3.8) is 0 Å². The molecule has 1 aromatic heterocycles. The highest BCUT2D eigenvalue weighted by molar-refractivity contribution is 14.0. The van der Waals surface area contributed by atoms with Gasteiger partial charge in [0, 0.05) is 51.0 Å². The number of guanidine groups is 1. The fourth-order valence-electron chi connectivity index (χ4n) is 2.78. The molecule has 1 saturated heterocycles. The Labute approximate surface area is 172 Å². The summed E-state index contributed by atoms with van der Waals surface area (Å²) in [4.78, 5) is 11.6. The van der Waals surface area contributed by atoms with Gasteiger partial charge in [0.15, 0.2) is 5.96 Å². The highest BCUT2D eigenvalue weighted by Crippen LogP contribution is 2.17. The number of hydrogen-bond donors (Lipinski definition) is 1. The van der Waals surface area contributed by atoms with Gasteiger partial charge >= 0.3 is 0 Å². The minimum atomic E-state index is 0. The second kappa shape index (κ2) is 12.8. The van der Waals surface area contributed by atoms with E-state index in [1.54, 1.807) is 18.4 Å². The van der Waals surface area contributed by atoms with Gasteiger partial charge in [-0.25, -0.2) is 4.98 Å². The molecule has 1 fully saturated rings. The summed E-state index contributed by atoms with van der Waals surface area (Å²) in [5.41, 5.74) is 1.14. The number of aromatic nitrogens is 1. The Morgan fingerprint density at radius 2 is 2.32 bits per heavy atom. The van der Waals surface area contributed by atoms with Crippen molar-refractivity contribution in [2.24, 2.45) is 10.9 Å². The van der Waals surface area contributed by atoms with Crippen LogP contribution in [0.1, 0.15) is 24.0 Å². The van der Waals surface area contributed by atoms with Crippen LogP contribution in [0, 0.1) is 12.8 Å². The molecule has 1 atom stereocenters.